The fourth-order valence-electron chi connectivity index (χ4n) is 5.39. The maximum absolute atomic E-state index is 12.8. The highest BCUT2D eigenvalue weighted by molar-refractivity contribution is 6.32. The Hall–Kier alpha value is -2.51. The third-order valence-corrected chi connectivity index (χ3v) is 6.67. The lowest BCUT2D eigenvalue weighted by Crippen LogP contribution is -2.77. The van der Waals surface area contributed by atoms with Crippen molar-refractivity contribution in [2.24, 2.45) is 10.8 Å². The van der Waals surface area contributed by atoms with Crippen LogP contribution in [-0.4, -0.2) is 25.0 Å². The first-order valence-electron chi connectivity index (χ1n) is 9.80. The van der Waals surface area contributed by atoms with Gasteiger partial charge in [-0.05, 0) is 37.3 Å². The number of carbonyl (C=O) groups is 1. The lowest BCUT2D eigenvalue weighted by Gasteiger charge is -2.67. The molecule has 3 rings (SSSR count). The zero-order valence-corrected chi connectivity index (χ0v) is 18.6. The van der Waals surface area contributed by atoms with Gasteiger partial charge in [0.25, 0.3) is 5.91 Å². The minimum Gasteiger partial charge on any atom is -0.370 e. The SMILES string of the molecule is Cc1ccc(C(=O)N[C@H]2C(C)(C)[C@H](N(C)c3ccc(C#N)c(Cl)c3)C2(C)C)cc1. The van der Waals surface area contributed by atoms with Crippen molar-refractivity contribution in [1.29, 1.82) is 5.26 Å². The maximum Gasteiger partial charge on any atom is 0.251 e. The Morgan fingerprint density at radius 2 is 1.69 bits per heavy atom. The minimum absolute atomic E-state index is 0.0186. The number of nitriles is 1. The highest BCUT2D eigenvalue weighted by Crippen LogP contribution is 2.56. The molecular weight excluding hydrogens is 382 g/mol. The van der Waals surface area contributed by atoms with Crippen LogP contribution in [0.2, 0.25) is 5.02 Å². The van der Waals surface area contributed by atoms with Gasteiger partial charge < -0.3 is 10.2 Å². The average molecular weight is 410 g/mol. The van der Waals surface area contributed by atoms with E-state index in [1.54, 1.807) is 6.07 Å². The summed E-state index contributed by atoms with van der Waals surface area (Å²) in [6.07, 6.45) is 0. The molecule has 0 radical (unpaired) electrons. The fourth-order valence-corrected chi connectivity index (χ4v) is 5.61. The molecule has 29 heavy (non-hydrogen) atoms. The summed E-state index contributed by atoms with van der Waals surface area (Å²) in [6.45, 7) is 10.8. The Kier molecular flexibility index (Phi) is 5.40. The topological polar surface area (TPSA) is 56.1 Å². The molecule has 1 saturated carbocycles. The second-order valence-electron chi connectivity index (χ2n) is 9.20. The van der Waals surface area contributed by atoms with E-state index >= 15 is 0 Å². The summed E-state index contributed by atoms with van der Waals surface area (Å²) in [7, 11) is 2.05. The smallest absolute Gasteiger partial charge is 0.251 e. The van der Waals surface area contributed by atoms with E-state index in [2.05, 4.69) is 44.0 Å². The number of benzene rings is 2. The van der Waals surface area contributed by atoms with Gasteiger partial charge in [0.1, 0.15) is 6.07 Å². The van der Waals surface area contributed by atoms with Crippen molar-refractivity contribution in [3.05, 3.63) is 64.2 Å². The summed E-state index contributed by atoms with van der Waals surface area (Å²) < 4.78 is 0. The molecule has 1 N–H and O–H groups in total. The van der Waals surface area contributed by atoms with Crippen molar-refractivity contribution in [3.63, 3.8) is 0 Å². The molecule has 2 aromatic rings. The van der Waals surface area contributed by atoms with Crippen LogP contribution in [0.25, 0.3) is 0 Å². The molecule has 1 fully saturated rings. The van der Waals surface area contributed by atoms with Gasteiger partial charge in [-0.3, -0.25) is 4.79 Å². The first-order valence-corrected chi connectivity index (χ1v) is 10.2. The molecule has 4 nitrogen and oxygen atoms in total. The van der Waals surface area contributed by atoms with Gasteiger partial charge >= 0.3 is 0 Å². The van der Waals surface area contributed by atoms with Gasteiger partial charge in [0.2, 0.25) is 0 Å². The van der Waals surface area contributed by atoms with Crippen LogP contribution in [0.1, 0.15) is 49.2 Å². The van der Waals surface area contributed by atoms with Crippen molar-refractivity contribution < 1.29 is 4.79 Å². The highest BCUT2D eigenvalue weighted by atomic mass is 35.5. The van der Waals surface area contributed by atoms with Gasteiger partial charge in [-0.15, -0.1) is 0 Å². The van der Waals surface area contributed by atoms with Crippen LogP contribution in [0, 0.1) is 29.1 Å². The average Bonchev–Trinajstić information content (AvgIpc) is 2.65. The third kappa shape index (κ3) is 3.60. The van der Waals surface area contributed by atoms with Gasteiger partial charge in [-0.1, -0.05) is 57.0 Å². The Bertz CT molecular complexity index is 957. The molecule has 0 aromatic heterocycles. The summed E-state index contributed by atoms with van der Waals surface area (Å²) in [5, 5.41) is 12.8. The van der Waals surface area contributed by atoms with Crippen molar-refractivity contribution in [2.75, 3.05) is 11.9 Å². The second-order valence-corrected chi connectivity index (χ2v) is 9.61. The molecule has 0 atom stereocenters. The molecular formula is C24H28ClN3O. The standard InChI is InChI=1S/C24H28ClN3O/c1-15-7-9-16(10-8-15)20(29)27-21-23(2,3)22(24(21,4)5)28(6)18-12-11-17(14-26)19(25)13-18/h7-13,21-22H,1-6H3,(H,27,29)/t21-,22-. The number of hydrogen-bond acceptors (Lipinski definition) is 3. The zero-order valence-electron chi connectivity index (χ0n) is 17.9. The third-order valence-electron chi connectivity index (χ3n) is 6.35. The zero-order chi connectivity index (χ0) is 21.6. The summed E-state index contributed by atoms with van der Waals surface area (Å²) in [6, 6.07) is 15.5. The molecule has 1 aliphatic carbocycles. The van der Waals surface area contributed by atoms with Crippen LogP contribution < -0.4 is 10.2 Å². The van der Waals surface area contributed by atoms with Crippen LogP contribution in [0.15, 0.2) is 42.5 Å². The van der Waals surface area contributed by atoms with Crippen molar-refractivity contribution >= 4 is 23.2 Å². The molecule has 0 spiro atoms. The van der Waals surface area contributed by atoms with Crippen LogP contribution in [0.3, 0.4) is 0 Å². The second kappa shape index (κ2) is 7.39. The molecule has 152 valence electrons. The first kappa shape index (κ1) is 21.2. The number of anilines is 1. The predicted molar refractivity (Wildman–Crippen MR) is 118 cm³/mol. The molecule has 1 aliphatic rings. The first-order chi connectivity index (χ1) is 13.5. The van der Waals surface area contributed by atoms with Gasteiger partial charge in [0.05, 0.1) is 10.6 Å². The van der Waals surface area contributed by atoms with Gasteiger partial charge in [0.15, 0.2) is 0 Å². The van der Waals surface area contributed by atoms with E-state index in [-0.39, 0.29) is 28.8 Å². The predicted octanol–water partition coefficient (Wildman–Crippen LogP) is 5.19. The Balaban J connectivity index is 1.82. The number of amides is 1. The summed E-state index contributed by atoms with van der Waals surface area (Å²) in [5.41, 5.74) is 2.94. The maximum atomic E-state index is 12.8. The number of aryl methyl sites for hydroxylation is 1. The molecule has 0 saturated heterocycles. The molecule has 0 unspecified atom stereocenters. The van der Waals surface area contributed by atoms with E-state index in [0.29, 0.717) is 16.1 Å². The van der Waals surface area contributed by atoms with E-state index in [4.69, 9.17) is 16.9 Å². The monoisotopic (exact) mass is 409 g/mol. The number of rotatable bonds is 4. The normalized spacial score (nSPS) is 21.6. The van der Waals surface area contributed by atoms with Crippen molar-refractivity contribution in [2.45, 2.75) is 46.7 Å². The molecule has 0 aliphatic heterocycles. The fraction of sp³-hybridized carbons (Fsp3) is 0.417. The number of nitrogens with one attached hydrogen (secondary N) is 1. The largest absolute Gasteiger partial charge is 0.370 e. The molecule has 0 heterocycles. The number of nitrogens with zero attached hydrogens (tertiary/aromatic N) is 2. The Morgan fingerprint density at radius 1 is 1.10 bits per heavy atom. The van der Waals surface area contributed by atoms with Crippen molar-refractivity contribution in [1.82, 2.24) is 5.32 Å². The summed E-state index contributed by atoms with van der Waals surface area (Å²) >= 11 is 6.25. The number of halogens is 1. The van der Waals surface area contributed by atoms with E-state index in [9.17, 15) is 4.79 Å². The van der Waals surface area contributed by atoms with Crippen LogP contribution in [0.5, 0.6) is 0 Å². The molecule has 1 amide bonds. The van der Waals surface area contributed by atoms with Gasteiger partial charge in [-0.25, -0.2) is 0 Å². The molecule has 2 aromatic carbocycles. The van der Waals surface area contributed by atoms with E-state index in [0.717, 1.165) is 11.3 Å². The molecule has 5 heteroatoms. The summed E-state index contributed by atoms with van der Waals surface area (Å²) in [5.74, 6) is -0.0429. The van der Waals surface area contributed by atoms with E-state index in [1.165, 1.54) is 0 Å². The van der Waals surface area contributed by atoms with E-state index < -0.39 is 0 Å². The minimum atomic E-state index is -0.154. The Morgan fingerprint density at radius 3 is 2.21 bits per heavy atom. The molecule has 0 bridgehead atoms. The highest BCUT2D eigenvalue weighted by Gasteiger charge is 2.63. The van der Waals surface area contributed by atoms with Crippen molar-refractivity contribution in [3.8, 4) is 6.07 Å². The number of hydrogen-bond donors (Lipinski definition) is 1. The van der Waals surface area contributed by atoms with Gasteiger partial charge in [-0.2, -0.15) is 5.26 Å². The number of carbonyl (C=O) groups excluding carboxylic acids is 1. The summed E-state index contributed by atoms with van der Waals surface area (Å²) in [4.78, 5) is 15.0. The lowest BCUT2D eigenvalue weighted by atomic mass is 9.47. The Labute approximate surface area is 178 Å². The van der Waals surface area contributed by atoms with E-state index in [1.807, 2.05) is 50.4 Å². The van der Waals surface area contributed by atoms with Crippen LogP contribution >= 0.6 is 11.6 Å². The lowest BCUT2D eigenvalue weighted by molar-refractivity contribution is -0.0682. The van der Waals surface area contributed by atoms with Crippen LogP contribution in [0.4, 0.5) is 5.69 Å². The van der Waals surface area contributed by atoms with Gasteiger partial charge in [0, 0.05) is 41.2 Å². The quantitative estimate of drug-likeness (QED) is 0.755. The van der Waals surface area contributed by atoms with Crippen LogP contribution in [-0.2, 0) is 0 Å².